The number of rotatable bonds is 4. The highest BCUT2D eigenvalue weighted by Crippen LogP contribution is 2.20. The average molecular weight is 309 g/mol. The van der Waals surface area contributed by atoms with Crippen molar-refractivity contribution < 1.29 is 17.6 Å². The van der Waals surface area contributed by atoms with Crippen LogP contribution < -0.4 is 10.0 Å². The Morgan fingerprint density at radius 3 is 2.57 bits per heavy atom. The van der Waals surface area contributed by atoms with Crippen molar-refractivity contribution in [2.75, 3.05) is 11.8 Å². The summed E-state index contributed by atoms with van der Waals surface area (Å²) in [5.41, 5.74) is 0.168. The Morgan fingerprint density at radius 2 is 1.90 bits per heavy atom. The number of halogens is 1. The van der Waals surface area contributed by atoms with E-state index in [0.717, 1.165) is 6.07 Å². The largest absolute Gasteiger partial charge is 0.355 e. The highest BCUT2D eigenvalue weighted by molar-refractivity contribution is 7.92. The van der Waals surface area contributed by atoms with Gasteiger partial charge >= 0.3 is 0 Å². The summed E-state index contributed by atoms with van der Waals surface area (Å²) in [5, 5.41) is 1.67. The van der Waals surface area contributed by atoms with E-state index >= 15 is 0 Å². The minimum absolute atomic E-state index is 0.0434. The predicted octanol–water partition coefficient (Wildman–Crippen LogP) is 1.38. The van der Waals surface area contributed by atoms with Crippen molar-refractivity contribution >= 4 is 21.6 Å². The van der Waals surface area contributed by atoms with Gasteiger partial charge in [-0.05, 0) is 24.3 Å². The summed E-state index contributed by atoms with van der Waals surface area (Å²) in [5.74, 6) is -1.43. The molecule has 0 spiro atoms. The zero-order valence-electron chi connectivity index (χ0n) is 11.0. The molecule has 0 unspecified atom stereocenters. The molecule has 0 saturated heterocycles. The molecule has 110 valence electrons. The first-order chi connectivity index (χ1) is 9.95. The van der Waals surface area contributed by atoms with Crippen molar-refractivity contribution in [1.29, 1.82) is 0 Å². The Labute approximate surface area is 121 Å². The maximum Gasteiger partial charge on any atom is 0.282 e. The van der Waals surface area contributed by atoms with E-state index in [9.17, 15) is 17.6 Å². The molecule has 2 aromatic rings. The van der Waals surface area contributed by atoms with E-state index in [1.54, 1.807) is 12.1 Å². The Balaban J connectivity index is 2.43. The lowest BCUT2D eigenvalue weighted by Gasteiger charge is -2.11. The van der Waals surface area contributed by atoms with Crippen LogP contribution in [-0.4, -0.2) is 26.4 Å². The van der Waals surface area contributed by atoms with Crippen LogP contribution in [0.3, 0.4) is 0 Å². The second-order valence-corrected chi connectivity index (χ2v) is 5.62. The van der Waals surface area contributed by atoms with E-state index in [1.807, 2.05) is 0 Å². The van der Waals surface area contributed by atoms with E-state index in [4.69, 9.17) is 0 Å². The van der Waals surface area contributed by atoms with Gasteiger partial charge in [-0.15, -0.1) is 0 Å². The molecular formula is C13H12FN3O3S. The number of benzene rings is 1. The van der Waals surface area contributed by atoms with Crippen LogP contribution in [0.15, 0.2) is 47.6 Å². The molecule has 0 aliphatic carbocycles. The van der Waals surface area contributed by atoms with Crippen molar-refractivity contribution in [3.8, 4) is 0 Å². The second kappa shape index (κ2) is 5.88. The Kier molecular flexibility index (Phi) is 4.18. The topological polar surface area (TPSA) is 88.2 Å². The minimum atomic E-state index is -4.22. The van der Waals surface area contributed by atoms with E-state index < -0.39 is 26.8 Å². The molecule has 0 saturated carbocycles. The van der Waals surface area contributed by atoms with Gasteiger partial charge < -0.3 is 5.32 Å². The van der Waals surface area contributed by atoms with Gasteiger partial charge in [0.2, 0.25) is 5.03 Å². The first-order valence-corrected chi connectivity index (χ1v) is 7.38. The smallest absolute Gasteiger partial charge is 0.282 e. The summed E-state index contributed by atoms with van der Waals surface area (Å²) in [6.07, 6.45) is 1.17. The molecule has 0 atom stereocenters. The van der Waals surface area contributed by atoms with E-state index in [-0.39, 0.29) is 11.3 Å². The fourth-order valence-electron chi connectivity index (χ4n) is 1.67. The summed E-state index contributed by atoms with van der Waals surface area (Å²) < 4.78 is 40.0. The number of pyridine rings is 1. The number of para-hydroxylation sites is 1. The summed E-state index contributed by atoms with van der Waals surface area (Å²) >= 11 is 0. The lowest BCUT2D eigenvalue weighted by atomic mass is 10.2. The zero-order chi connectivity index (χ0) is 15.5. The van der Waals surface area contributed by atoms with E-state index in [0.29, 0.717) is 0 Å². The monoisotopic (exact) mass is 309 g/mol. The summed E-state index contributed by atoms with van der Waals surface area (Å²) in [6, 6.07) is 8.27. The van der Waals surface area contributed by atoms with Crippen LogP contribution >= 0.6 is 0 Å². The van der Waals surface area contributed by atoms with E-state index in [1.165, 1.54) is 31.4 Å². The van der Waals surface area contributed by atoms with Crippen LogP contribution in [0.2, 0.25) is 0 Å². The van der Waals surface area contributed by atoms with Gasteiger partial charge in [0.25, 0.3) is 15.9 Å². The second-order valence-electron chi connectivity index (χ2n) is 4.02. The number of anilines is 1. The molecular weight excluding hydrogens is 297 g/mol. The summed E-state index contributed by atoms with van der Waals surface area (Å²) in [6.45, 7) is 0. The summed E-state index contributed by atoms with van der Waals surface area (Å²) in [4.78, 5) is 15.2. The summed E-state index contributed by atoms with van der Waals surface area (Å²) in [7, 11) is -2.80. The number of sulfonamides is 1. The fraction of sp³-hybridized carbons (Fsp3) is 0.0769. The Hall–Kier alpha value is -2.48. The minimum Gasteiger partial charge on any atom is -0.355 e. The number of carbonyl (C=O) groups is 1. The van der Waals surface area contributed by atoms with Crippen LogP contribution in [0.25, 0.3) is 0 Å². The molecule has 0 aliphatic rings. The van der Waals surface area contributed by atoms with Gasteiger partial charge in [-0.1, -0.05) is 12.1 Å². The Bertz CT molecular complexity index is 778. The molecule has 0 aliphatic heterocycles. The average Bonchev–Trinajstić information content (AvgIpc) is 2.47. The van der Waals surface area contributed by atoms with Crippen LogP contribution in [0, 0.1) is 5.82 Å². The quantitative estimate of drug-likeness (QED) is 0.893. The fourth-order valence-corrected chi connectivity index (χ4v) is 2.76. The molecule has 0 bridgehead atoms. The zero-order valence-corrected chi connectivity index (χ0v) is 11.8. The Morgan fingerprint density at radius 1 is 1.19 bits per heavy atom. The van der Waals surface area contributed by atoms with Crippen LogP contribution in [0.4, 0.5) is 10.1 Å². The maximum absolute atomic E-state index is 13.6. The molecule has 0 fully saturated rings. The molecule has 1 aromatic carbocycles. The highest BCUT2D eigenvalue weighted by Gasteiger charge is 2.22. The number of amides is 1. The van der Waals surface area contributed by atoms with Crippen LogP contribution in [-0.2, 0) is 10.0 Å². The molecule has 0 radical (unpaired) electrons. The van der Waals surface area contributed by atoms with Gasteiger partial charge in [0.05, 0.1) is 11.3 Å². The normalized spacial score (nSPS) is 11.0. The number of nitrogens with one attached hydrogen (secondary N) is 2. The molecule has 1 aromatic heterocycles. The van der Waals surface area contributed by atoms with Gasteiger partial charge in [0, 0.05) is 13.2 Å². The predicted molar refractivity (Wildman–Crippen MR) is 74.8 cm³/mol. The molecule has 6 nitrogen and oxygen atoms in total. The van der Waals surface area contributed by atoms with Crippen LogP contribution in [0.5, 0.6) is 0 Å². The SMILES string of the molecule is CNC(=O)c1ccccc1NS(=O)(=O)c1ncccc1F. The number of aromatic nitrogens is 1. The molecule has 2 N–H and O–H groups in total. The van der Waals surface area contributed by atoms with Gasteiger partial charge in [-0.2, -0.15) is 8.42 Å². The first kappa shape index (κ1) is 14.9. The van der Waals surface area contributed by atoms with Crippen molar-refractivity contribution in [1.82, 2.24) is 10.3 Å². The van der Waals surface area contributed by atoms with Crippen LogP contribution in [0.1, 0.15) is 10.4 Å². The standard InChI is InChI=1S/C13H12FN3O3S/c1-15-12(18)9-5-2-3-7-11(9)17-21(19,20)13-10(14)6-4-8-16-13/h2-8,17H,1H3,(H,15,18). The first-order valence-electron chi connectivity index (χ1n) is 5.90. The van der Waals surface area contributed by atoms with Gasteiger partial charge in [-0.3, -0.25) is 9.52 Å². The number of carbonyl (C=O) groups excluding carboxylic acids is 1. The molecule has 21 heavy (non-hydrogen) atoms. The number of hydrogen-bond donors (Lipinski definition) is 2. The van der Waals surface area contributed by atoms with Crippen molar-refractivity contribution in [3.63, 3.8) is 0 Å². The lowest BCUT2D eigenvalue weighted by molar-refractivity contribution is 0.0964. The van der Waals surface area contributed by atoms with Gasteiger partial charge in [0.15, 0.2) is 5.82 Å². The van der Waals surface area contributed by atoms with Crippen molar-refractivity contribution in [3.05, 3.63) is 54.0 Å². The van der Waals surface area contributed by atoms with Crippen molar-refractivity contribution in [2.45, 2.75) is 5.03 Å². The lowest BCUT2D eigenvalue weighted by Crippen LogP contribution is -2.22. The van der Waals surface area contributed by atoms with Gasteiger partial charge in [0.1, 0.15) is 0 Å². The molecule has 1 amide bonds. The third kappa shape index (κ3) is 3.16. The highest BCUT2D eigenvalue weighted by atomic mass is 32.2. The van der Waals surface area contributed by atoms with Crippen molar-refractivity contribution in [2.24, 2.45) is 0 Å². The maximum atomic E-state index is 13.6. The third-order valence-electron chi connectivity index (χ3n) is 2.62. The molecule has 1 heterocycles. The molecule has 8 heteroatoms. The third-order valence-corrected chi connectivity index (χ3v) is 3.92. The number of nitrogens with zero attached hydrogens (tertiary/aromatic N) is 1. The van der Waals surface area contributed by atoms with Gasteiger partial charge in [-0.25, -0.2) is 9.37 Å². The molecule has 2 rings (SSSR count). The number of hydrogen-bond acceptors (Lipinski definition) is 4. The van der Waals surface area contributed by atoms with E-state index in [2.05, 4.69) is 15.0 Å².